The smallest absolute Gasteiger partial charge is 0.212 e. The highest BCUT2D eigenvalue weighted by molar-refractivity contribution is 7.89. The van der Waals surface area contributed by atoms with Gasteiger partial charge in [-0.3, -0.25) is 4.98 Å². The van der Waals surface area contributed by atoms with E-state index in [4.69, 9.17) is 0 Å². The highest BCUT2D eigenvalue weighted by Gasteiger charge is 2.14. The average molecular weight is 312 g/mol. The molecule has 0 spiro atoms. The third kappa shape index (κ3) is 4.68. The highest BCUT2D eigenvalue weighted by Crippen LogP contribution is 2.15. The summed E-state index contributed by atoms with van der Waals surface area (Å²) in [7, 11) is -3.39. The topological polar surface area (TPSA) is 79.3 Å². The molecule has 0 saturated carbocycles. The molecule has 2 heterocycles. The summed E-state index contributed by atoms with van der Waals surface area (Å²) in [6.45, 7) is -0.00455. The fourth-order valence-corrected chi connectivity index (χ4v) is 3.43. The number of hydrogen-bond acceptors (Lipinski definition) is 5. The van der Waals surface area contributed by atoms with Crippen molar-refractivity contribution in [3.8, 4) is 0 Å². The molecule has 0 aliphatic carbocycles. The van der Waals surface area contributed by atoms with Crippen LogP contribution in [-0.4, -0.2) is 30.8 Å². The van der Waals surface area contributed by atoms with Gasteiger partial charge in [-0.15, -0.1) is 0 Å². The van der Waals surface area contributed by atoms with E-state index in [1.165, 1.54) is 11.3 Å². The summed E-state index contributed by atoms with van der Waals surface area (Å²) < 4.78 is 26.1. The van der Waals surface area contributed by atoms with Gasteiger partial charge in [0.05, 0.1) is 11.9 Å². The lowest BCUT2D eigenvalue weighted by Gasteiger charge is -2.11. The van der Waals surface area contributed by atoms with Crippen molar-refractivity contribution in [1.82, 2.24) is 9.71 Å². The van der Waals surface area contributed by atoms with Gasteiger partial charge in [0.2, 0.25) is 10.0 Å². The minimum atomic E-state index is -3.39. The number of pyridine rings is 1. The van der Waals surface area contributed by atoms with Crippen LogP contribution in [0.3, 0.4) is 0 Å². The van der Waals surface area contributed by atoms with Gasteiger partial charge in [-0.05, 0) is 46.5 Å². The SMILES string of the molecule is O=S(=O)(CCc1ccncc1)NCC(O)c1ccsc1. The van der Waals surface area contributed by atoms with Gasteiger partial charge < -0.3 is 5.11 Å². The van der Waals surface area contributed by atoms with Crippen LogP contribution in [0.1, 0.15) is 17.2 Å². The van der Waals surface area contributed by atoms with Gasteiger partial charge >= 0.3 is 0 Å². The molecule has 2 aromatic heterocycles. The summed E-state index contributed by atoms with van der Waals surface area (Å²) >= 11 is 1.47. The molecule has 0 aliphatic rings. The lowest BCUT2D eigenvalue weighted by molar-refractivity contribution is 0.182. The maximum atomic E-state index is 11.8. The number of hydrogen-bond donors (Lipinski definition) is 2. The van der Waals surface area contributed by atoms with Crippen LogP contribution in [0.15, 0.2) is 41.4 Å². The number of nitrogens with one attached hydrogen (secondary N) is 1. The van der Waals surface area contributed by atoms with E-state index in [1.54, 1.807) is 36.0 Å². The number of aromatic nitrogens is 1. The van der Waals surface area contributed by atoms with Gasteiger partial charge in [0, 0.05) is 18.9 Å². The van der Waals surface area contributed by atoms with Crippen LogP contribution in [0, 0.1) is 0 Å². The molecule has 5 nitrogen and oxygen atoms in total. The standard InChI is InChI=1S/C13H16N2O3S2/c16-13(12-3-7-19-10-12)9-15-20(17,18)8-4-11-1-5-14-6-2-11/h1-3,5-7,10,13,15-16H,4,8-9H2. The summed E-state index contributed by atoms with van der Waals surface area (Å²) in [5.41, 5.74) is 1.65. The molecular formula is C13H16N2O3S2. The molecule has 0 aliphatic heterocycles. The third-order valence-corrected chi connectivity index (χ3v) is 4.88. The molecule has 0 amide bonds. The fourth-order valence-electron chi connectivity index (χ4n) is 1.66. The third-order valence-electron chi connectivity index (χ3n) is 2.83. The fraction of sp³-hybridized carbons (Fsp3) is 0.308. The first-order valence-electron chi connectivity index (χ1n) is 6.13. The van der Waals surface area contributed by atoms with E-state index in [1.807, 2.05) is 5.38 Å². The number of sulfonamides is 1. The Kier molecular flexibility index (Phi) is 5.24. The molecule has 1 unspecified atom stereocenters. The van der Waals surface area contributed by atoms with Crippen molar-refractivity contribution in [1.29, 1.82) is 0 Å². The van der Waals surface area contributed by atoms with Crippen molar-refractivity contribution < 1.29 is 13.5 Å². The first kappa shape index (κ1) is 15.1. The molecule has 0 aromatic carbocycles. The van der Waals surface area contributed by atoms with E-state index in [9.17, 15) is 13.5 Å². The van der Waals surface area contributed by atoms with E-state index in [0.717, 1.165) is 11.1 Å². The molecule has 0 saturated heterocycles. The first-order chi connectivity index (χ1) is 9.57. The summed E-state index contributed by atoms with van der Waals surface area (Å²) in [6, 6.07) is 5.35. The Morgan fingerprint density at radius 3 is 2.70 bits per heavy atom. The second-order valence-electron chi connectivity index (χ2n) is 4.35. The van der Waals surface area contributed by atoms with E-state index < -0.39 is 16.1 Å². The van der Waals surface area contributed by atoms with Gasteiger partial charge in [0.25, 0.3) is 0 Å². The Hall–Kier alpha value is -1.28. The van der Waals surface area contributed by atoms with Gasteiger partial charge in [0.1, 0.15) is 0 Å². The predicted molar refractivity (Wildman–Crippen MR) is 79.0 cm³/mol. The van der Waals surface area contributed by atoms with Crippen molar-refractivity contribution in [3.05, 3.63) is 52.5 Å². The molecule has 2 aromatic rings. The zero-order valence-corrected chi connectivity index (χ0v) is 12.4. The second-order valence-corrected chi connectivity index (χ2v) is 7.05. The van der Waals surface area contributed by atoms with Gasteiger partial charge in [-0.25, -0.2) is 13.1 Å². The number of thiophene rings is 1. The number of aliphatic hydroxyl groups excluding tert-OH is 1. The number of rotatable bonds is 7. The molecular weight excluding hydrogens is 296 g/mol. The minimum absolute atomic E-state index is 0.00455. The highest BCUT2D eigenvalue weighted by atomic mass is 32.2. The van der Waals surface area contributed by atoms with Crippen LogP contribution in [0.4, 0.5) is 0 Å². The summed E-state index contributed by atoms with van der Waals surface area (Å²) in [5.74, 6) is -0.00658. The Morgan fingerprint density at radius 2 is 2.05 bits per heavy atom. The molecule has 7 heteroatoms. The predicted octanol–water partition coefficient (Wildman–Crippen LogP) is 1.34. The lowest BCUT2D eigenvalue weighted by Crippen LogP contribution is -2.31. The van der Waals surface area contributed by atoms with E-state index in [0.29, 0.717) is 6.42 Å². The normalized spacial score (nSPS) is 13.2. The Balaban J connectivity index is 1.82. The first-order valence-corrected chi connectivity index (χ1v) is 8.73. The molecule has 2 rings (SSSR count). The van der Waals surface area contributed by atoms with Crippen molar-refractivity contribution in [2.75, 3.05) is 12.3 Å². The maximum Gasteiger partial charge on any atom is 0.212 e. The van der Waals surface area contributed by atoms with Crippen LogP contribution in [0.25, 0.3) is 0 Å². The molecule has 108 valence electrons. The lowest BCUT2D eigenvalue weighted by atomic mass is 10.2. The van der Waals surface area contributed by atoms with E-state index in [2.05, 4.69) is 9.71 Å². The van der Waals surface area contributed by atoms with Crippen LogP contribution < -0.4 is 4.72 Å². The Morgan fingerprint density at radius 1 is 1.30 bits per heavy atom. The van der Waals surface area contributed by atoms with Crippen molar-refractivity contribution in [2.45, 2.75) is 12.5 Å². The minimum Gasteiger partial charge on any atom is -0.387 e. The maximum absolute atomic E-state index is 11.8. The molecule has 0 fully saturated rings. The van der Waals surface area contributed by atoms with E-state index in [-0.39, 0.29) is 12.3 Å². The van der Waals surface area contributed by atoms with Crippen LogP contribution in [0.2, 0.25) is 0 Å². The quantitative estimate of drug-likeness (QED) is 0.808. The van der Waals surface area contributed by atoms with Crippen LogP contribution in [-0.2, 0) is 16.4 Å². The molecule has 0 radical (unpaired) electrons. The summed E-state index contributed by atoms with van der Waals surface area (Å²) in [6.07, 6.45) is 2.88. The molecule has 0 bridgehead atoms. The Labute approximate surface area is 122 Å². The molecule has 20 heavy (non-hydrogen) atoms. The zero-order valence-electron chi connectivity index (χ0n) is 10.8. The van der Waals surface area contributed by atoms with Crippen molar-refractivity contribution in [3.63, 3.8) is 0 Å². The van der Waals surface area contributed by atoms with Gasteiger partial charge in [-0.2, -0.15) is 11.3 Å². The van der Waals surface area contributed by atoms with Crippen LogP contribution >= 0.6 is 11.3 Å². The van der Waals surface area contributed by atoms with Gasteiger partial charge in [0.15, 0.2) is 0 Å². The Bertz CT molecular complexity index is 612. The average Bonchev–Trinajstić information content (AvgIpc) is 2.98. The second kappa shape index (κ2) is 6.94. The molecule has 2 N–H and O–H groups in total. The van der Waals surface area contributed by atoms with Crippen molar-refractivity contribution in [2.24, 2.45) is 0 Å². The van der Waals surface area contributed by atoms with E-state index >= 15 is 0 Å². The largest absolute Gasteiger partial charge is 0.387 e. The van der Waals surface area contributed by atoms with Crippen LogP contribution in [0.5, 0.6) is 0 Å². The molecule has 1 atom stereocenters. The number of aryl methyl sites for hydroxylation is 1. The summed E-state index contributed by atoms with van der Waals surface area (Å²) in [4.78, 5) is 3.88. The number of nitrogens with zero attached hydrogens (tertiary/aromatic N) is 1. The number of aliphatic hydroxyl groups is 1. The summed E-state index contributed by atoms with van der Waals surface area (Å²) in [5, 5.41) is 13.5. The van der Waals surface area contributed by atoms with Gasteiger partial charge in [-0.1, -0.05) is 0 Å². The van der Waals surface area contributed by atoms with Crippen molar-refractivity contribution >= 4 is 21.4 Å². The monoisotopic (exact) mass is 312 g/mol. The zero-order chi connectivity index (χ0) is 14.4.